The van der Waals surface area contributed by atoms with E-state index in [9.17, 15) is 9.18 Å². The second kappa shape index (κ2) is 5.25. The standard InChI is InChI=1S/C16H13ClFNO/c17-12-5-1-4-11(7-12)16(20)19-15-9-14(15)10-3-2-6-13(18)8-10/h1-8,14-15H,9H2,(H,19,20)/t14-,15+/m1/s1. The quantitative estimate of drug-likeness (QED) is 0.916. The molecule has 4 heteroatoms. The van der Waals surface area contributed by atoms with Crippen LogP contribution in [0, 0.1) is 5.82 Å². The first-order valence-electron chi connectivity index (χ1n) is 6.45. The van der Waals surface area contributed by atoms with Crippen LogP contribution in [0.2, 0.25) is 5.02 Å². The Hall–Kier alpha value is -1.87. The van der Waals surface area contributed by atoms with Gasteiger partial charge in [0.05, 0.1) is 0 Å². The van der Waals surface area contributed by atoms with Gasteiger partial charge in [-0.2, -0.15) is 0 Å². The van der Waals surface area contributed by atoms with Gasteiger partial charge in [-0.25, -0.2) is 4.39 Å². The second-order valence-electron chi connectivity index (χ2n) is 4.99. The largest absolute Gasteiger partial charge is 0.349 e. The Kier molecular flexibility index (Phi) is 3.45. The Balaban J connectivity index is 1.65. The summed E-state index contributed by atoms with van der Waals surface area (Å²) in [5.74, 6) is -0.181. The van der Waals surface area contributed by atoms with Gasteiger partial charge in [-0.3, -0.25) is 4.79 Å². The van der Waals surface area contributed by atoms with Crippen molar-refractivity contribution in [3.63, 3.8) is 0 Å². The van der Waals surface area contributed by atoms with Gasteiger partial charge in [-0.05, 0) is 42.3 Å². The van der Waals surface area contributed by atoms with E-state index in [-0.39, 0.29) is 23.7 Å². The summed E-state index contributed by atoms with van der Waals surface area (Å²) in [5.41, 5.74) is 1.48. The van der Waals surface area contributed by atoms with Crippen molar-refractivity contribution in [2.45, 2.75) is 18.4 Å². The van der Waals surface area contributed by atoms with Gasteiger partial charge in [0, 0.05) is 22.5 Å². The van der Waals surface area contributed by atoms with Crippen molar-refractivity contribution in [2.75, 3.05) is 0 Å². The van der Waals surface area contributed by atoms with E-state index in [1.54, 1.807) is 30.3 Å². The summed E-state index contributed by atoms with van der Waals surface area (Å²) in [6.07, 6.45) is 0.843. The molecule has 0 heterocycles. The molecule has 0 bridgehead atoms. The molecule has 0 aromatic heterocycles. The van der Waals surface area contributed by atoms with Crippen molar-refractivity contribution in [1.82, 2.24) is 5.32 Å². The van der Waals surface area contributed by atoms with Crippen molar-refractivity contribution >= 4 is 17.5 Å². The maximum Gasteiger partial charge on any atom is 0.251 e. The van der Waals surface area contributed by atoms with Crippen LogP contribution in [0.3, 0.4) is 0 Å². The Morgan fingerprint density at radius 3 is 2.75 bits per heavy atom. The maximum atomic E-state index is 13.2. The summed E-state index contributed by atoms with van der Waals surface area (Å²) in [6, 6.07) is 13.4. The predicted molar refractivity (Wildman–Crippen MR) is 76.5 cm³/mol. The van der Waals surface area contributed by atoms with E-state index in [2.05, 4.69) is 5.32 Å². The fourth-order valence-electron chi connectivity index (χ4n) is 2.34. The third kappa shape index (κ3) is 2.83. The lowest BCUT2D eigenvalue weighted by atomic mass is 10.1. The highest BCUT2D eigenvalue weighted by Crippen LogP contribution is 2.41. The smallest absolute Gasteiger partial charge is 0.251 e. The number of hydrogen-bond acceptors (Lipinski definition) is 1. The molecule has 1 fully saturated rings. The maximum absolute atomic E-state index is 13.2. The molecule has 2 nitrogen and oxygen atoms in total. The lowest BCUT2D eigenvalue weighted by molar-refractivity contribution is 0.0950. The molecule has 1 N–H and O–H groups in total. The zero-order chi connectivity index (χ0) is 14.1. The second-order valence-corrected chi connectivity index (χ2v) is 5.42. The summed E-state index contributed by atoms with van der Waals surface area (Å²) in [5, 5.41) is 3.48. The van der Waals surface area contributed by atoms with Crippen molar-refractivity contribution in [3.8, 4) is 0 Å². The molecule has 0 unspecified atom stereocenters. The number of hydrogen-bond donors (Lipinski definition) is 1. The van der Waals surface area contributed by atoms with Gasteiger partial charge in [0.2, 0.25) is 0 Å². The third-order valence-electron chi connectivity index (χ3n) is 3.47. The monoisotopic (exact) mass is 289 g/mol. The molecule has 102 valence electrons. The molecule has 1 saturated carbocycles. The first kappa shape index (κ1) is 13.1. The van der Waals surface area contributed by atoms with Gasteiger partial charge in [0.25, 0.3) is 5.91 Å². The van der Waals surface area contributed by atoms with E-state index in [0.717, 1.165) is 12.0 Å². The summed E-state index contributed by atoms with van der Waals surface area (Å²) >= 11 is 5.86. The minimum Gasteiger partial charge on any atom is -0.349 e. The topological polar surface area (TPSA) is 29.1 Å². The number of carbonyl (C=O) groups is 1. The van der Waals surface area contributed by atoms with Crippen molar-refractivity contribution in [1.29, 1.82) is 0 Å². The van der Waals surface area contributed by atoms with Crippen LogP contribution in [-0.4, -0.2) is 11.9 Å². The Labute approximate surface area is 121 Å². The lowest BCUT2D eigenvalue weighted by Gasteiger charge is -2.05. The number of halogens is 2. The minimum absolute atomic E-state index is 0.0725. The highest BCUT2D eigenvalue weighted by atomic mass is 35.5. The van der Waals surface area contributed by atoms with Crippen LogP contribution in [0.4, 0.5) is 4.39 Å². The summed E-state index contributed by atoms with van der Waals surface area (Å²) in [7, 11) is 0. The molecule has 2 aromatic carbocycles. The van der Waals surface area contributed by atoms with Gasteiger partial charge >= 0.3 is 0 Å². The summed E-state index contributed by atoms with van der Waals surface area (Å²) < 4.78 is 13.2. The SMILES string of the molecule is O=C(N[C@H]1C[C@@H]1c1cccc(F)c1)c1cccc(Cl)c1. The van der Waals surface area contributed by atoms with Crippen LogP contribution in [0.5, 0.6) is 0 Å². The van der Waals surface area contributed by atoms with Crippen LogP contribution < -0.4 is 5.32 Å². The molecule has 0 saturated heterocycles. The number of carbonyl (C=O) groups excluding carboxylic acids is 1. The molecule has 20 heavy (non-hydrogen) atoms. The van der Waals surface area contributed by atoms with Crippen LogP contribution in [0.1, 0.15) is 28.3 Å². The van der Waals surface area contributed by atoms with Crippen LogP contribution in [0.25, 0.3) is 0 Å². The fourth-order valence-corrected chi connectivity index (χ4v) is 2.53. The summed E-state index contributed by atoms with van der Waals surface area (Å²) in [4.78, 5) is 12.0. The van der Waals surface area contributed by atoms with E-state index in [4.69, 9.17) is 11.6 Å². The average Bonchev–Trinajstić information content (AvgIpc) is 3.18. The lowest BCUT2D eigenvalue weighted by Crippen LogP contribution is -2.26. The van der Waals surface area contributed by atoms with E-state index < -0.39 is 0 Å². The predicted octanol–water partition coefficient (Wildman–Crippen LogP) is 3.77. The first-order valence-corrected chi connectivity index (χ1v) is 6.83. The Morgan fingerprint density at radius 1 is 1.20 bits per heavy atom. The van der Waals surface area contributed by atoms with Gasteiger partial charge in [-0.1, -0.05) is 29.8 Å². The molecule has 2 aromatic rings. The number of rotatable bonds is 3. The van der Waals surface area contributed by atoms with Crippen LogP contribution in [-0.2, 0) is 0 Å². The van der Waals surface area contributed by atoms with Crippen molar-refractivity contribution < 1.29 is 9.18 Å². The normalized spacial score (nSPS) is 20.5. The van der Waals surface area contributed by atoms with Gasteiger partial charge < -0.3 is 5.32 Å². The number of benzene rings is 2. The van der Waals surface area contributed by atoms with Gasteiger partial charge in [0.15, 0.2) is 0 Å². The molecule has 1 aliphatic rings. The number of nitrogens with one attached hydrogen (secondary N) is 1. The zero-order valence-electron chi connectivity index (χ0n) is 10.6. The van der Waals surface area contributed by atoms with E-state index in [1.165, 1.54) is 12.1 Å². The van der Waals surface area contributed by atoms with Crippen LogP contribution in [0.15, 0.2) is 48.5 Å². The molecule has 1 aliphatic carbocycles. The fraction of sp³-hybridized carbons (Fsp3) is 0.188. The minimum atomic E-state index is -0.241. The third-order valence-corrected chi connectivity index (χ3v) is 3.71. The zero-order valence-corrected chi connectivity index (χ0v) is 11.4. The molecular formula is C16H13ClFNO. The van der Waals surface area contributed by atoms with E-state index in [1.807, 2.05) is 6.07 Å². The van der Waals surface area contributed by atoms with Crippen molar-refractivity contribution in [2.24, 2.45) is 0 Å². The van der Waals surface area contributed by atoms with Gasteiger partial charge in [-0.15, -0.1) is 0 Å². The average molecular weight is 290 g/mol. The highest BCUT2D eigenvalue weighted by molar-refractivity contribution is 6.30. The van der Waals surface area contributed by atoms with Crippen molar-refractivity contribution in [3.05, 3.63) is 70.5 Å². The molecule has 0 spiro atoms. The molecule has 0 aliphatic heterocycles. The van der Waals surface area contributed by atoms with E-state index in [0.29, 0.717) is 10.6 Å². The summed E-state index contributed by atoms with van der Waals surface area (Å²) in [6.45, 7) is 0. The van der Waals surface area contributed by atoms with E-state index >= 15 is 0 Å². The molecule has 0 radical (unpaired) electrons. The van der Waals surface area contributed by atoms with Gasteiger partial charge in [0.1, 0.15) is 5.82 Å². The Morgan fingerprint density at radius 2 is 2.00 bits per heavy atom. The molecule has 1 amide bonds. The highest BCUT2D eigenvalue weighted by Gasteiger charge is 2.39. The van der Waals surface area contributed by atoms with Crippen LogP contribution >= 0.6 is 11.6 Å². The number of amides is 1. The molecule has 2 atom stereocenters. The molecular weight excluding hydrogens is 277 g/mol. The Bertz CT molecular complexity index is 658. The first-order chi connectivity index (χ1) is 9.63. The molecule has 3 rings (SSSR count).